The summed E-state index contributed by atoms with van der Waals surface area (Å²) in [5.41, 5.74) is 14.6. The Labute approximate surface area is 280 Å². The molecule has 8 nitrogen and oxygen atoms in total. The Morgan fingerprint density at radius 2 is 1.02 bits per heavy atom. The van der Waals surface area contributed by atoms with E-state index in [1.165, 1.54) is 6.82 Å². The van der Waals surface area contributed by atoms with Crippen molar-refractivity contribution in [2.24, 2.45) is 11.5 Å². The monoisotopic (exact) mass is 660 g/mol. The van der Waals surface area contributed by atoms with Gasteiger partial charge in [0.05, 0.1) is 25.8 Å². The second-order valence-corrected chi connectivity index (χ2v) is 12.5. The Bertz CT molecular complexity index is 1360. The maximum atomic E-state index is 12.2. The molecule has 0 fully saturated rings. The summed E-state index contributed by atoms with van der Waals surface area (Å²) in [5.74, 6) is -1.66. The van der Waals surface area contributed by atoms with Gasteiger partial charge in [0.1, 0.15) is 6.04 Å². The smallest absolute Gasteiger partial charge is 0.328 e. The summed E-state index contributed by atoms with van der Waals surface area (Å²) < 4.78 is -1.97. The van der Waals surface area contributed by atoms with Crippen LogP contribution in [0.25, 0.3) is 0 Å². The van der Waals surface area contributed by atoms with Crippen molar-refractivity contribution in [3.63, 3.8) is 0 Å². The number of carboxylic acids is 2. The molecule has 0 saturated carbocycles. The Morgan fingerprint density at radius 1 is 0.652 bits per heavy atom. The Balaban J connectivity index is 0.000000305. The molecule has 0 spiro atoms. The number of benzene rings is 4. The molecule has 11 heteroatoms. The van der Waals surface area contributed by atoms with Crippen molar-refractivity contribution in [2.75, 3.05) is 24.7 Å². The third kappa shape index (κ3) is 9.96. The molecule has 0 heterocycles. The first-order valence-corrected chi connectivity index (χ1v) is 16.4. The molecule has 2 atom stereocenters. The zero-order valence-corrected chi connectivity index (χ0v) is 27.3. The van der Waals surface area contributed by atoms with Crippen LogP contribution in [0.4, 0.5) is 0 Å². The minimum Gasteiger partial charge on any atom is -0.480 e. The number of nitrogens with two attached hydrogens (primary N) is 2. The van der Waals surface area contributed by atoms with Crippen LogP contribution in [0.15, 0.2) is 121 Å². The van der Waals surface area contributed by atoms with Gasteiger partial charge in [0.25, 0.3) is 0 Å². The van der Waals surface area contributed by atoms with E-state index >= 15 is 0 Å². The number of aliphatic hydroxyl groups is 2. The lowest BCUT2D eigenvalue weighted by Crippen LogP contribution is -2.39. The van der Waals surface area contributed by atoms with E-state index in [4.69, 9.17) is 21.7 Å². The minimum absolute atomic E-state index is 0.0224. The molecule has 0 unspecified atom stereocenters. The third-order valence-electron chi connectivity index (χ3n) is 6.94. The second-order valence-electron chi connectivity index (χ2n) is 9.94. The van der Waals surface area contributed by atoms with Gasteiger partial charge in [-0.3, -0.25) is 4.79 Å². The van der Waals surface area contributed by atoms with Crippen LogP contribution in [0.2, 0.25) is 6.82 Å². The first kappa shape index (κ1) is 38.6. The van der Waals surface area contributed by atoms with E-state index in [1.807, 2.05) is 60.7 Å². The van der Waals surface area contributed by atoms with Crippen molar-refractivity contribution >= 4 is 43.3 Å². The second kappa shape index (κ2) is 19.8. The molecule has 242 valence electrons. The van der Waals surface area contributed by atoms with Crippen LogP contribution in [-0.2, 0) is 19.1 Å². The van der Waals surface area contributed by atoms with Crippen molar-refractivity contribution in [1.82, 2.24) is 0 Å². The lowest BCUT2D eigenvalue weighted by atomic mass is 9.90. The van der Waals surface area contributed by atoms with Crippen LogP contribution in [0, 0.1) is 0 Å². The van der Waals surface area contributed by atoms with Gasteiger partial charge in [-0.05, 0) is 22.3 Å². The molecule has 0 amide bonds. The summed E-state index contributed by atoms with van der Waals surface area (Å²) in [6, 6.07) is 35.9. The molecular formula is C35H41BN2O6S2. The molecule has 0 bridgehead atoms. The molecule has 46 heavy (non-hydrogen) atoms. The fourth-order valence-electron chi connectivity index (χ4n) is 4.55. The quantitative estimate of drug-likeness (QED) is 0.107. The van der Waals surface area contributed by atoms with Gasteiger partial charge in [0, 0.05) is 17.5 Å². The SMILES string of the molecule is N[C@@H](CSC(C(=O)O)(c1ccccc1)c1ccccc1)C(=O)O.N[C@H](CO)CSC(CO)(c1ccccc1)c1ccccc1.[B]C. The predicted octanol–water partition coefficient (Wildman–Crippen LogP) is 4.34. The number of carboxylic acid groups (broad SMARTS) is 2. The molecule has 4 aromatic carbocycles. The number of rotatable bonds is 14. The molecule has 8 N–H and O–H groups in total. The van der Waals surface area contributed by atoms with Crippen LogP contribution in [-0.4, -0.2) is 77.0 Å². The summed E-state index contributed by atoms with van der Waals surface area (Å²) in [5, 5.41) is 38.2. The summed E-state index contributed by atoms with van der Waals surface area (Å²) >= 11 is 2.59. The normalized spacial score (nSPS) is 12.4. The summed E-state index contributed by atoms with van der Waals surface area (Å²) in [6.07, 6.45) is 0. The highest BCUT2D eigenvalue weighted by Crippen LogP contribution is 2.44. The Hall–Kier alpha value is -3.58. The lowest BCUT2D eigenvalue weighted by molar-refractivity contribution is -0.139. The van der Waals surface area contributed by atoms with Crippen LogP contribution in [0.1, 0.15) is 22.3 Å². The molecular weight excluding hydrogens is 619 g/mol. The van der Waals surface area contributed by atoms with Crippen LogP contribution >= 0.6 is 23.5 Å². The van der Waals surface area contributed by atoms with Gasteiger partial charge >= 0.3 is 11.9 Å². The van der Waals surface area contributed by atoms with Gasteiger partial charge in [-0.2, -0.15) is 0 Å². The van der Waals surface area contributed by atoms with Crippen molar-refractivity contribution in [3.05, 3.63) is 144 Å². The summed E-state index contributed by atoms with van der Waals surface area (Å²) in [6.45, 7) is 1.42. The van der Waals surface area contributed by atoms with Crippen molar-refractivity contribution in [3.8, 4) is 0 Å². The van der Waals surface area contributed by atoms with E-state index in [2.05, 4.69) is 7.85 Å². The van der Waals surface area contributed by atoms with E-state index in [-0.39, 0.29) is 25.0 Å². The number of carbonyl (C=O) groups is 2. The van der Waals surface area contributed by atoms with Gasteiger partial charge < -0.3 is 31.9 Å². The number of hydrogen-bond acceptors (Lipinski definition) is 8. The third-order valence-corrected chi connectivity index (χ3v) is 10.2. The van der Waals surface area contributed by atoms with Crippen LogP contribution in [0.3, 0.4) is 0 Å². The molecule has 2 radical (unpaired) electrons. The minimum atomic E-state index is -1.41. The number of aliphatic carboxylic acids is 2. The van der Waals surface area contributed by atoms with Gasteiger partial charge in [-0.15, -0.1) is 23.5 Å². The van der Waals surface area contributed by atoms with E-state index in [9.17, 15) is 19.8 Å². The lowest BCUT2D eigenvalue weighted by Gasteiger charge is -2.33. The summed E-state index contributed by atoms with van der Waals surface area (Å²) in [4.78, 5) is 23.2. The molecule has 4 rings (SSSR count). The highest BCUT2D eigenvalue weighted by atomic mass is 32.2. The van der Waals surface area contributed by atoms with E-state index < -0.39 is 27.5 Å². The largest absolute Gasteiger partial charge is 0.480 e. The van der Waals surface area contributed by atoms with Gasteiger partial charge in [-0.25, -0.2) is 4.79 Å². The van der Waals surface area contributed by atoms with E-state index in [0.29, 0.717) is 16.9 Å². The van der Waals surface area contributed by atoms with E-state index in [0.717, 1.165) is 22.9 Å². The van der Waals surface area contributed by atoms with Crippen molar-refractivity contribution in [2.45, 2.75) is 28.4 Å². The predicted molar refractivity (Wildman–Crippen MR) is 189 cm³/mol. The fraction of sp³-hybridized carbons (Fsp3) is 0.257. The number of aliphatic hydroxyl groups excluding tert-OH is 2. The zero-order valence-electron chi connectivity index (χ0n) is 25.7. The Kier molecular flexibility index (Phi) is 16.6. The van der Waals surface area contributed by atoms with Crippen molar-refractivity contribution < 1.29 is 30.0 Å². The average molecular weight is 661 g/mol. The van der Waals surface area contributed by atoms with Crippen LogP contribution in [0.5, 0.6) is 0 Å². The standard InChI is InChI=1S/C17H17NO4S.C17H21NO2S.CH3B/c18-14(15(19)20)11-23-17(16(21)22,12-7-3-1-4-8-12)13-9-5-2-6-10-13;18-16(11-19)12-21-17(13-20,14-7-3-1-4-8-14)15-9-5-2-6-10-15;1-2/h1-10,14H,11,18H2,(H,19,20)(H,21,22);1-10,16,19-20H,11-13,18H2;1H3/t14-;16-;/m01./s1. The van der Waals surface area contributed by atoms with E-state index in [1.54, 1.807) is 72.4 Å². The Morgan fingerprint density at radius 3 is 1.33 bits per heavy atom. The highest BCUT2D eigenvalue weighted by molar-refractivity contribution is 8.01. The first-order valence-electron chi connectivity index (χ1n) is 14.5. The molecule has 0 aliphatic carbocycles. The molecule has 0 aliphatic heterocycles. The fourth-order valence-corrected chi connectivity index (χ4v) is 7.15. The van der Waals surface area contributed by atoms with Gasteiger partial charge in [0.2, 0.25) is 0 Å². The number of thioether (sulfide) groups is 2. The molecule has 4 aromatic rings. The summed E-state index contributed by atoms with van der Waals surface area (Å²) in [7, 11) is 4.50. The van der Waals surface area contributed by atoms with Crippen molar-refractivity contribution in [1.29, 1.82) is 0 Å². The topological polar surface area (TPSA) is 167 Å². The highest BCUT2D eigenvalue weighted by Gasteiger charge is 2.43. The van der Waals surface area contributed by atoms with Gasteiger partial charge in [-0.1, -0.05) is 128 Å². The average Bonchev–Trinajstić information content (AvgIpc) is 3.11. The molecule has 0 aliphatic rings. The first-order chi connectivity index (χ1) is 22.2. The van der Waals surface area contributed by atoms with Gasteiger partial charge in [0.15, 0.2) is 4.75 Å². The van der Waals surface area contributed by atoms with Crippen LogP contribution < -0.4 is 11.5 Å². The number of hydrogen-bond donors (Lipinski definition) is 6. The maximum absolute atomic E-state index is 12.2. The maximum Gasteiger partial charge on any atom is 0.328 e. The molecule has 0 aromatic heterocycles. The molecule has 0 saturated heterocycles. The zero-order chi connectivity index (χ0) is 34.0.